The van der Waals surface area contributed by atoms with E-state index in [1.54, 1.807) is 0 Å². The number of benzene rings is 2. The lowest BCUT2D eigenvalue weighted by Gasteiger charge is -2.17. The fourth-order valence-corrected chi connectivity index (χ4v) is 2.76. The van der Waals surface area contributed by atoms with Crippen LogP contribution >= 0.6 is 0 Å². The van der Waals surface area contributed by atoms with Crippen molar-refractivity contribution in [2.75, 3.05) is 6.54 Å². The van der Waals surface area contributed by atoms with Crippen LogP contribution in [0.1, 0.15) is 24.0 Å². The summed E-state index contributed by atoms with van der Waals surface area (Å²) in [6, 6.07) is 15.3. The number of hydrazine groups is 1. The minimum absolute atomic E-state index is 0.0106. The van der Waals surface area contributed by atoms with Crippen LogP contribution in [-0.2, 0) is 16.6 Å². The molecule has 1 aliphatic carbocycles. The molecule has 0 unspecified atom stereocenters. The molecule has 0 bridgehead atoms. The van der Waals surface area contributed by atoms with Gasteiger partial charge in [0.1, 0.15) is 5.82 Å². The zero-order valence-corrected chi connectivity index (χ0v) is 13.7. The van der Waals surface area contributed by atoms with Crippen LogP contribution in [0.25, 0.3) is 0 Å². The number of hydrogen-bond donors (Lipinski definition) is 3. The van der Waals surface area contributed by atoms with Crippen LogP contribution in [0.3, 0.4) is 0 Å². The maximum absolute atomic E-state index is 12.8. The number of carbonyl (C=O) groups is 2. The summed E-state index contributed by atoms with van der Waals surface area (Å²) in [5, 5.41) is 2.80. The van der Waals surface area contributed by atoms with Gasteiger partial charge in [0.05, 0.1) is 6.42 Å². The Balaban J connectivity index is 1.41. The maximum atomic E-state index is 12.8. The number of nitrogens with one attached hydrogen (secondary N) is 3. The summed E-state index contributed by atoms with van der Waals surface area (Å²) >= 11 is 0. The second kappa shape index (κ2) is 7.34. The average Bonchev–Trinajstić information content (AvgIpc) is 3.42. The normalized spacial score (nSPS) is 14.4. The number of halogens is 1. The molecule has 1 fully saturated rings. The molecule has 3 rings (SSSR count). The first-order chi connectivity index (χ1) is 12.1. The third-order valence-electron chi connectivity index (χ3n) is 4.42. The molecule has 0 aromatic heterocycles. The van der Waals surface area contributed by atoms with Crippen molar-refractivity contribution in [3.8, 4) is 0 Å². The minimum Gasteiger partial charge on any atom is -0.336 e. The molecule has 0 saturated heterocycles. The third-order valence-corrected chi connectivity index (χ3v) is 4.42. The Morgan fingerprint density at radius 2 is 1.64 bits per heavy atom. The third kappa shape index (κ3) is 4.56. The van der Waals surface area contributed by atoms with Crippen molar-refractivity contribution in [3.63, 3.8) is 0 Å². The van der Waals surface area contributed by atoms with E-state index in [9.17, 15) is 14.0 Å². The summed E-state index contributed by atoms with van der Waals surface area (Å²) in [7, 11) is 0. The lowest BCUT2D eigenvalue weighted by molar-refractivity contribution is -0.121. The zero-order valence-electron chi connectivity index (χ0n) is 13.7. The van der Waals surface area contributed by atoms with Crippen LogP contribution in [0.2, 0.25) is 0 Å². The van der Waals surface area contributed by atoms with E-state index in [0.717, 1.165) is 12.8 Å². The van der Waals surface area contributed by atoms with E-state index in [4.69, 9.17) is 0 Å². The van der Waals surface area contributed by atoms with Crippen molar-refractivity contribution in [2.45, 2.75) is 24.7 Å². The second-order valence-electron chi connectivity index (χ2n) is 6.31. The number of hydrogen-bond acceptors (Lipinski definition) is 2. The highest BCUT2D eigenvalue weighted by molar-refractivity contribution is 5.82. The Hall–Kier alpha value is -2.89. The molecule has 130 valence electrons. The zero-order chi connectivity index (χ0) is 17.7. The lowest BCUT2D eigenvalue weighted by atomic mass is 9.96. The van der Waals surface area contributed by atoms with Gasteiger partial charge in [-0.15, -0.1) is 0 Å². The Kier molecular flexibility index (Phi) is 4.97. The van der Waals surface area contributed by atoms with E-state index in [2.05, 4.69) is 28.3 Å². The predicted octanol–water partition coefficient (Wildman–Crippen LogP) is 2.43. The number of rotatable bonds is 5. The molecular formula is C19H20FN3O2. The van der Waals surface area contributed by atoms with Crippen molar-refractivity contribution in [2.24, 2.45) is 0 Å². The molecule has 0 atom stereocenters. The molecule has 0 spiro atoms. The van der Waals surface area contributed by atoms with Crippen molar-refractivity contribution in [1.82, 2.24) is 16.2 Å². The molecule has 2 aromatic rings. The molecule has 0 aliphatic heterocycles. The van der Waals surface area contributed by atoms with Crippen LogP contribution in [0, 0.1) is 5.82 Å². The standard InChI is InChI=1S/C19H20FN3O2/c20-16-8-6-14(7-9-16)12-17(24)22-23-18(25)21-13-19(10-11-19)15-4-2-1-3-5-15/h1-9H,10-13H2,(H,22,24)(H2,21,23,25). The number of amides is 3. The Labute approximate surface area is 145 Å². The predicted molar refractivity (Wildman–Crippen MR) is 92.1 cm³/mol. The fourth-order valence-electron chi connectivity index (χ4n) is 2.76. The molecular weight excluding hydrogens is 321 g/mol. The summed E-state index contributed by atoms with van der Waals surface area (Å²) in [5.41, 5.74) is 6.59. The SMILES string of the molecule is O=C(Cc1ccc(F)cc1)NNC(=O)NCC1(c2ccccc2)CC1. The molecule has 0 heterocycles. The van der Waals surface area contributed by atoms with Gasteiger partial charge >= 0.3 is 6.03 Å². The summed E-state index contributed by atoms with van der Waals surface area (Å²) in [4.78, 5) is 23.7. The highest BCUT2D eigenvalue weighted by atomic mass is 19.1. The molecule has 1 aliphatic rings. The Morgan fingerprint density at radius 1 is 0.960 bits per heavy atom. The van der Waals surface area contributed by atoms with Gasteiger partial charge in [-0.05, 0) is 36.1 Å². The topological polar surface area (TPSA) is 70.2 Å². The smallest absolute Gasteiger partial charge is 0.333 e. The summed E-state index contributed by atoms with van der Waals surface area (Å²) in [6.45, 7) is 0.524. The highest BCUT2D eigenvalue weighted by Crippen LogP contribution is 2.47. The van der Waals surface area contributed by atoms with Crippen LogP contribution in [0.5, 0.6) is 0 Å². The molecule has 2 aromatic carbocycles. The molecule has 5 nitrogen and oxygen atoms in total. The highest BCUT2D eigenvalue weighted by Gasteiger charge is 2.44. The molecule has 3 amide bonds. The van der Waals surface area contributed by atoms with Gasteiger partial charge in [-0.25, -0.2) is 14.6 Å². The summed E-state index contributed by atoms with van der Waals surface area (Å²) in [6.07, 6.45) is 2.14. The van der Waals surface area contributed by atoms with Crippen LogP contribution in [0.15, 0.2) is 54.6 Å². The largest absolute Gasteiger partial charge is 0.336 e. The van der Waals surface area contributed by atoms with E-state index in [1.165, 1.54) is 29.8 Å². The van der Waals surface area contributed by atoms with E-state index >= 15 is 0 Å². The van der Waals surface area contributed by atoms with Crippen molar-refractivity contribution >= 4 is 11.9 Å². The van der Waals surface area contributed by atoms with Gasteiger partial charge < -0.3 is 5.32 Å². The number of carbonyl (C=O) groups excluding carboxylic acids is 2. The van der Waals surface area contributed by atoms with Crippen molar-refractivity contribution < 1.29 is 14.0 Å². The van der Waals surface area contributed by atoms with E-state index in [0.29, 0.717) is 12.1 Å². The number of urea groups is 1. The maximum Gasteiger partial charge on any atom is 0.333 e. The van der Waals surface area contributed by atoms with Gasteiger partial charge in [-0.1, -0.05) is 42.5 Å². The van der Waals surface area contributed by atoms with Gasteiger partial charge in [0.2, 0.25) is 5.91 Å². The Bertz CT molecular complexity index is 743. The quantitative estimate of drug-likeness (QED) is 0.731. The molecule has 0 radical (unpaired) electrons. The summed E-state index contributed by atoms with van der Waals surface area (Å²) in [5.74, 6) is -0.722. The monoisotopic (exact) mass is 341 g/mol. The minimum atomic E-state index is -0.449. The van der Waals surface area contributed by atoms with Gasteiger partial charge in [0.25, 0.3) is 0 Å². The van der Waals surface area contributed by atoms with Crippen LogP contribution < -0.4 is 16.2 Å². The average molecular weight is 341 g/mol. The van der Waals surface area contributed by atoms with Crippen LogP contribution in [0.4, 0.5) is 9.18 Å². The first-order valence-corrected chi connectivity index (χ1v) is 8.20. The van der Waals surface area contributed by atoms with E-state index in [-0.39, 0.29) is 23.6 Å². The van der Waals surface area contributed by atoms with Gasteiger partial charge in [-0.3, -0.25) is 10.2 Å². The van der Waals surface area contributed by atoms with Gasteiger partial charge in [-0.2, -0.15) is 0 Å². The molecule has 3 N–H and O–H groups in total. The lowest BCUT2D eigenvalue weighted by Crippen LogP contribution is -2.48. The fraction of sp³-hybridized carbons (Fsp3) is 0.263. The van der Waals surface area contributed by atoms with E-state index < -0.39 is 6.03 Å². The second-order valence-corrected chi connectivity index (χ2v) is 6.31. The Morgan fingerprint density at radius 3 is 2.28 bits per heavy atom. The van der Waals surface area contributed by atoms with Gasteiger partial charge in [0.15, 0.2) is 0 Å². The first kappa shape index (κ1) is 17.0. The van der Waals surface area contributed by atoms with Crippen molar-refractivity contribution in [3.05, 3.63) is 71.5 Å². The first-order valence-electron chi connectivity index (χ1n) is 8.20. The van der Waals surface area contributed by atoms with E-state index in [1.807, 2.05) is 18.2 Å². The molecule has 6 heteroatoms. The van der Waals surface area contributed by atoms with Gasteiger partial charge in [0, 0.05) is 12.0 Å². The molecule has 25 heavy (non-hydrogen) atoms. The van der Waals surface area contributed by atoms with Crippen molar-refractivity contribution in [1.29, 1.82) is 0 Å². The summed E-state index contributed by atoms with van der Waals surface area (Å²) < 4.78 is 12.8. The molecule has 1 saturated carbocycles. The van der Waals surface area contributed by atoms with Crippen LogP contribution in [-0.4, -0.2) is 18.5 Å².